The van der Waals surface area contributed by atoms with Crippen LogP contribution in [0.5, 0.6) is 0 Å². The van der Waals surface area contributed by atoms with Gasteiger partial charge in [0.2, 0.25) is 0 Å². The number of rotatable bonds is 4. The Labute approximate surface area is 121 Å². The molecular formula is C13H26N2O4S. The first-order chi connectivity index (χ1) is 9.41. The summed E-state index contributed by atoms with van der Waals surface area (Å²) in [6.45, 7) is 4.13. The maximum absolute atomic E-state index is 12.7. The summed E-state index contributed by atoms with van der Waals surface area (Å²) in [6.07, 6.45) is 3.20. The van der Waals surface area contributed by atoms with Gasteiger partial charge >= 0.3 is 0 Å². The molecule has 2 saturated heterocycles. The van der Waals surface area contributed by atoms with Gasteiger partial charge in [0.05, 0.1) is 5.60 Å². The van der Waals surface area contributed by atoms with Crippen molar-refractivity contribution in [3.05, 3.63) is 0 Å². The minimum Gasteiger partial charge on any atom is -0.396 e. The van der Waals surface area contributed by atoms with Gasteiger partial charge < -0.3 is 9.84 Å². The Balaban J connectivity index is 2.03. The molecule has 2 aliphatic heterocycles. The highest BCUT2D eigenvalue weighted by molar-refractivity contribution is 7.86. The van der Waals surface area contributed by atoms with Gasteiger partial charge in [0.15, 0.2) is 0 Å². The summed E-state index contributed by atoms with van der Waals surface area (Å²) in [5, 5.41) is 9.13. The van der Waals surface area contributed by atoms with E-state index >= 15 is 0 Å². The van der Waals surface area contributed by atoms with Crippen molar-refractivity contribution in [3.8, 4) is 0 Å². The Hall–Kier alpha value is -0.210. The minimum absolute atomic E-state index is 0.152. The lowest BCUT2D eigenvalue weighted by molar-refractivity contribution is -0.0332. The summed E-state index contributed by atoms with van der Waals surface area (Å²) in [6, 6.07) is 0. The van der Waals surface area contributed by atoms with Gasteiger partial charge in [-0.25, -0.2) is 0 Å². The molecule has 1 atom stereocenters. The number of piperidine rings is 2. The average Bonchev–Trinajstić information content (AvgIpc) is 2.47. The van der Waals surface area contributed by atoms with Crippen molar-refractivity contribution in [2.75, 3.05) is 39.9 Å². The smallest absolute Gasteiger partial charge is 0.282 e. The van der Waals surface area contributed by atoms with Crippen molar-refractivity contribution in [1.29, 1.82) is 0 Å². The Morgan fingerprint density at radius 3 is 2.45 bits per heavy atom. The van der Waals surface area contributed by atoms with Gasteiger partial charge in [0, 0.05) is 39.9 Å². The van der Waals surface area contributed by atoms with Crippen molar-refractivity contribution in [2.45, 2.75) is 38.2 Å². The molecule has 2 rings (SSSR count). The van der Waals surface area contributed by atoms with Crippen molar-refractivity contribution in [1.82, 2.24) is 8.61 Å². The van der Waals surface area contributed by atoms with E-state index in [4.69, 9.17) is 9.84 Å². The second-order valence-electron chi connectivity index (χ2n) is 6.12. The molecule has 0 saturated carbocycles. The number of hydrogen-bond acceptors (Lipinski definition) is 4. The second-order valence-corrected chi connectivity index (χ2v) is 8.05. The third-order valence-electron chi connectivity index (χ3n) is 4.60. The number of ether oxygens (including phenoxy) is 1. The molecule has 0 aromatic carbocycles. The fraction of sp³-hybridized carbons (Fsp3) is 1.00. The Morgan fingerprint density at radius 2 is 1.90 bits per heavy atom. The molecule has 118 valence electrons. The highest BCUT2D eigenvalue weighted by Crippen LogP contribution is 2.28. The third kappa shape index (κ3) is 3.33. The Kier molecular flexibility index (Phi) is 5.07. The molecule has 0 amide bonds. The first-order valence-electron chi connectivity index (χ1n) is 7.32. The lowest BCUT2D eigenvalue weighted by atomic mass is 9.96. The van der Waals surface area contributed by atoms with Gasteiger partial charge in [-0.05, 0) is 38.5 Å². The van der Waals surface area contributed by atoms with Gasteiger partial charge in [-0.15, -0.1) is 0 Å². The summed E-state index contributed by atoms with van der Waals surface area (Å²) < 4.78 is 33.9. The summed E-state index contributed by atoms with van der Waals surface area (Å²) in [5.41, 5.74) is -0.380. The van der Waals surface area contributed by atoms with Gasteiger partial charge in [0.1, 0.15) is 0 Å². The summed E-state index contributed by atoms with van der Waals surface area (Å²) >= 11 is 0. The molecule has 1 N–H and O–H groups in total. The zero-order valence-corrected chi connectivity index (χ0v) is 13.2. The van der Waals surface area contributed by atoms with Gasteiger partial charge in [-0.1, -0.05) is 0 Å². The zero-order valence-electron chi connectivity index (χ0n) is 12.4. The maximum Gasteiger partial charge on any atom is 0.282 e. The number of hydrogen-bond donors (Lipinski definition) is 1. The molecule has 6 nitrogen and oxygen atoms in total. The summed E-state index contributed by atoms with van der Waals surface area (Å²) in [5.74, 6) is 0.243. The van der Waals surface area contributed by atoms with Crippen molar-refractivity contribution in [3.63, 3.8) is 0 Å². The standard InChI is InChI=1S/C13H26N2O4S/c1-13(19-2)6-3-7-15(11-13)20(17,18)14-8-4-12(10-16)5-9-14/h12,16H,3-11H2,1-2H3. The molecule has 0 spiro atoms. The normalized spacial score (nSPS) is 31.6. The van der Waals surface area contributed by atoms with E-state index in [1.54, 1.807) is 15.7 Å². The topological polar surface area (TPSA) is 70.1 Å². The quantitative estimate of drug-likeness (QED) is 0.818. The predicted octanol–water partition coefficient (Wildman–Crippen LogP) is 0.436. The fourth-order valence-electron chi connectivity index (χ4n) is 3.01. The molecular weight excluding hydrogens is 280 g/mol. The average molecular weight is 306 g/mol. The van der Waals surface area contributed by atoms with Crippen LogP contribution >= 0.6 is 0 Å². The highest BCUT2D eigenvalue weighted by atomic mass is 32.2. The van der Waals surface area contributed by atoms with Crippen LogP contribution in [0.3, 0.4) is 0 Å². The molecule has 20 heavy (non-hydrogen) atoms. The van der Waals surface area contributed by atoms with Crippen LogP contribution in [0.15, 0.2) is 0 Å². The number of aliphatic hydroxyl groups is 1. The van der Waals surface area contributed by atoms with E-state index in [-0.39, 0.29) is 18.1 Å². The van der Waals surface area contributed by atoms with Crippen molar-refractivity contribution in [2.24, 2.45) is 5.92 Å². The zero-order chi connectivity index (χ0) is 14.8. The lowest BCUT2D eigenvalue weighted by Crippen LogP contribution is -2.55. The largest absolute Gasteiger partial charge is 0.396 e. The minimum atomic E-state index is -3.39. The number of nitrogens with zero attached hydrogens (tertiary/aromatic N) is 2. The number of methoxy groups -OCH3 is 1. The summed E-state index contributed by atoms with van der Waals surface area (Å²) in [4.78, 5) is 0. The first-order valence-corrected chi connectivity index (χ1v) is 8.72. The van der Waals surface area contributed by atoms with E-state index in [1.165, 1.54) is 0 Å². The van der Waals surface area contributed by atoms with E-state index in [0.29, 0.717) is 26.2 Å². The fourth-order valence-corrected chi connectivity index (χ4v) is 4.80. The Bertz CT molecular complexity index is 420. The SMILES string of the molecule is COC1(C)CCCN(S(=O)(=O)N2CCC(CO)CC2)C1. The van der Waals surface area contributed by atoms with E-state index in [2.05, 4.69) is 0 Å². The monoisotopic (exact) mass is 306 g/mol. The molecule has 2 fully saturated rings. The van der Waals surface area contributed by atoms with Crippen LogP contribution in [0, 0.1) is 5.92 Å². The Morgan fingerprint density at radius 1 is 1.25 bits per heavy atom. The number of aliphatic hydroxyl groups excluding tert-OH is 1. The lowest BCUT2D eigenvalue weighted by Gasteiger charge is -2.41. The van der Waals surface area contributed by atoms with E-state index in [9.17, 15) is 8.42 Å². The van der Waals surface area contributed by atoms with Crippen LogP contribution in [0.1, 0.15) is 32.6 Å². The molecule has 0 aliphatic carbocycles. The van der Waals surface area contributed by atoms with Crippen LogP contribution in [-0.2, 0) is 14.9 Å². The van der Waals surface area contributed by atoms with Crippen LogP contribution < -0.4 is 0 Å². The van der Waals surface area contributed by atoms with Crippen molar-refractivity contribution >= 4 is 10.2 Å². The molecule has 0 bridgehead atoms. The molecule has 2 aliphatic rings. The van der Waals surface area contributed by atoms with Crippen LogP contribution in [-0.4, -0.2) is 67.6 Å². The van der Waals surface area contributed by atoms with E-state index in [1.807, 2.05) is 6.92 Å². The highest BCUT2D eigenvalue weighted by Gasteiger charge is 2.39. The van der Waals surface area contributed by atoms with Gasteiger partial charge in [-0.2, -0.15) is 17.0 Å². The van der Waals surface area contributed by atoms with E-state index < -0.39 is 10.2 Å². The molecule has 0 aromatic heterocycles. The predicted molar refractivity (Wildman–Crippen MR) is 76.5 cm³/mol. The van der Waals surface area contributed by atoms with Crippen LogP contribution in [0.25, 0.3) is 0 Å². The van der Waals surface area contributed by atoms with Gasteiger partial charge in [0.25, 0.3) is 10.2 Å². The third-order valence-corrected chi connectivity index (χ3v) is 6.58. The van der Waals surface area contributed by atoms with Crippen LogP contribution in [0.2, 0.25) is 0 Å². The molecule has 2 heterocycles. The molecule has 0 aromatic rings. The van der Waals surface area contributed by atoms with Crippen molar-refractivity contribution < 1.29 is 18.3 Å². The molecule has 0 radical (unpaired) electrons. The van der Waals surface area contributed by atoms with Crippen LogP contribution in [0.4, 0.5) is 0 Å². The van der Waals surface area contributed by atoms with E-state index in [0.717, 1.165) is 25.7 Å². The molecule has 1 unspecified atom stereocenters. The second kappa shape index (κ2) is 6.27. The first kappa shape index (κ1) is 16.2. The summed E-state index contributed by atoms with van der Waals surface area (Å²) in [7, 11) is -1.75. The molecule has 7 heteroatoms. The maximum atomic E-state index is 12.7. The van der Waals surface area contributed by atoms with Gasteiger partial charge in [-0.3, -0.25) is 0 Å².